The molecule has 5 heteroatoms. The van der Waals surface area contributed by atoms with E-state index in [-0.39, 0.29) is 12.3 Å². The average molecular weight is 153 g/mol. The maximum absolute atomic E-state index is 10.6. The van der Waals surface area contributed by atoms with E-state index in [0.29, 0.717) is 11.7 Å². The van der Waals surface area contributed by atoms with Gasteiger partial charge in [0.2, 0.25) is 5.89 Å². The smallest absolute Gasteiger partial charge is 0.252 e. The second-order valence-corrected chi connectivity index (χ2v) is 1.96. The number of aromatic nitrogens is 2. The molecule has 0 saturated heterocycles. The van der Waals surface area contributed by atoms with Crippen molar-refractivity contribution in [3.8, 4) is 0 Å². The van der Waals surface area contributed by atoms with Gasteiger partial charge in [-0.3, -0.25) is 4.79 Å². The highest BCUT2D eigenvalue weighted by Gasteiger charge is 2.06. The van der Waals surface area contributed by atoms with E-state index in [1.807, 2.05) is 0 Å². The van der Waals surface area contributed by atoms with Gasteiger partial charge >= 0.3 is 0 Å². The summed E-state index contributed by atoms with van der Waals surface area (Å²) in [6, 6.07) is 0. The number of rotatable bonds is 2. The molecule has 0 aromatic carbocycles. The molecule has 1 heterocycles. The van der Waals surface area contributed by atoms with E-state index in [2.05, 4.69) is 26.4 Å². The van der Waals surface area contributed by atoms with Crippen molar-refractivity contribution in [3.05, 3.63) is 11.7 Å². The van der Waals surface area contributed by atoms with Gasteiger partial charge in [-0.15, -0.1) is 0 Å². The molecular formula is C6H7N3O2. The number of hydrogen-bond acceptors (Lipinski definition) is 4. The first-order valence-electron chi connectivity index (χ1n) is 3.01. The van der Waals surface area contributed by atoms with Crippen LogP contribution in [0.15, 0.2) is 9.52 Å². The van der Waals surface area contributed by atoms with Crippen molar-refractivity contribution in [2.75, 3.05) is 0 Å². The van der Waals surface area contributed by atoms with Crippen LogP contribution in [0.2, 0.25) is 0 Å². The number of nitrogens with zero attached hydrogens (tertiary/aromatic N) is 3. The summed E-state index contributed by atoms with van der Waals surface area (Å²) in [7, 11) is 0. The van der Waals surface area contributed by atoms with Gasteiger partial charge in [0.05, 0.1) is 6.42 Å². The lowest BCUT2D eigenvalue weighted by Crippen LogP contribution is -1.99. The van der Waals surface area contributed by atoms with Crippen LogP contribution in [0.1, 0.15) is 11.7 Å². The molecule has 1 rings (SSSR count). The monoisotopic (exact) mass is 153 g/mol. The summed E-state index contributed by atoms with van der Waals surface area (Å²) in [5.74, 6) is 0.433. The minimum absolute atomic E-state index is 0.0564. The highest BCUT2D eigenvalue weighted by Crippen LogP contribution is 1.96. The third-order valence-electron chi connectivity index (χ3n) is 1.06. The zero-order chi connectivity index (χ0) is 8.27. The Morgan fingerprint density at radius 2 is 2.55 bits per heavy atom. The number of aliphatic imine (C=N–C) groups is 1. The Kier molecular flexibility index (Phi) is 2.10. The molecule has 0 aliphatic rings. The molecule has 11 heavy (non-hydrogen) atoms. The molecule has 0 bridgehead atoms. The molecule has 0 fully saturated rings. The molecule has 1 aromatic heterocycles. The molecule has 0 aliphatic heterocycles. The van der Waals surface area contributed by atoms with Crippen LogP contribution in [-0.4, -0.2) is 22.8 Å². The fraction of sp³-hybridized carbons (Fsp3) is 0.333. The van der Waals surface area contributed by atoms with Crippen molar-refractivity contribution >= 4 is 12.6 Å². The van der Waals surface area contributed by atoms with Crippen molar-refractivity contribution in [1.29, 1.82) is 0 Å². The van der Waals surface area contributed by atoms with Gasteiger partial charge in [0, 0.05) is 6.92 Å². The van der Waals surface area contributed by atoms with Crippen molar-refractivity contribution in [2.45, 2.75) is 13.3 Å². The predicted molar refractivity (Wildman–Crippen MR) is 37.3 cm³/mol. The first kappa shape index (κ1) is 7.59. The molecule has 1 aromatic rings. The van der Waals surface area contributed by atoms with Crippen LogP contribution in [0.3, 0.4) is 0 Å². The van der Waals surface area contributed by atoms with Crippen molar-refractivity contribution < 1.29 is 9.32 Å². The Labute approximate surface area is 63.1 Å². The third kappa shape index (κ3) is 1.96. The van der Waals surface area contributed by atoms with Crippen LogP contribution in [0.5, 0.6) is 0 Å². The highest BCUT2D eigenvalue weighted by molar-refractivity contribution is 5.81. The molecule has 0 aliphatic carbocycles. The van der Waals surface area contributed by atoms with Crippen molar-refractivity contribution in [3.63, 3.8) is 0 Å². The average Bonchev–Trinajstić information content (AvgIpc) is 2.35. The van der Waals surface area contributed by atoms with Gasteiger partial charge in [0.25, 0.3) is 5.91 Å². The number of hydrogen-bond donors (Lipinski definition) is 0. The quantitative estimate of drug-likeness (QED) is 0.567. The van der Waals surface area contributed by atoms with E-state index >= 15 is 0 Å². The Morgan fingerprint density at radius 1 is 1.82 bits per heavy atom. The van der Waals surface area contributed by atoms with Crippen LogP contribution < -0.4 is 0 Å². The lowest BCUT2D eigenvalue weighted by molar-refractivity contribution is -0.117. The van der Waals surface area contributed by atoms with E-state index in [1.54, 1.807) is 6.92 Å². The van der Waals surface area contributed by atoms with Crippen molar-refractivity contribution in [1.82, 2.24) is 10.1 Å². The van der Waals surface area contributed by atoms with Crippen LogP contribution in [0.4, 0.5) is 0 Å². The molecule has 0 saturated carbocycles. The molecule has 0 unspecified atom stereocenters. The fourth-order valence-electron chi connectivity index (χ4n) is 0.604. The van der Waals surface area contributed by atoms with Crippen molar-refractivity contribution in [2.24, 2.45) is 4.99 Å². The summed E-state index contributed by atoms with van der Waals surface area (Å²) in [4.78, 5) is 17.6. The van der Waals surface area contributed by atoms with Crippen LogP contribution in [-0.2, 0) is 11.2 Å². The minimum Gasteiger partial charge on any atom is -0.340 e. The Morgan fingerprint density at radius 3 is 3.00 bits per heavy atom. The summed E-state index contributed by atoms with van der Waals surface area (Å²) < 4.78 is 4.63. The molecule has 0 atom stereocenters. The number of carbonyl (C=O) groups excluding carboxylic acids is 1. The summed E-state index contributed by atoms with van der Waals surface area (Å²) in [5.41, 5.74) is 0. The normalized spacial score (nSPS) is 9.55. The van der Waals surface area contributed by atoms with E-state index in [4.69, 9.17) is 0 Å². The van der Waals surface area contributed by atoms with Gasteiger partial charge in [-0.1, -0.05) is 5.16 Å². The second kappa shape index (κ2) is 3.05. The molecule has 0 radical (unpaired) electrons. The van der Waals surface area contributed by atoms with Crippen LogP contribution in [0.25, 0.3) is 0 Å². The van der Waals surface area contributed by atoms with Gasteiger partial charge in [-0.05, 0) is 6.72 Å². The summed E-state index contributed by atoms with van der Waals surface area (Å²) in [5, 5.41) is 3.51. The lowest BCUT2D eigenvalue weighted by Gasteiger charge is -1.83. The SMILES string of the molecule is C=NC(=O)Cc1noc(C)n1. The van der Waals surface area contributed by atoms with E-state index in [0.717, 1.165) is 0 Å². The van der Waals surface area contributed by atoms with Gasteiger partial charge < -0.3 is 4.52 Å². The van der Waals surface area contributed by atoms with Gasteiger partial charge in [-0.25, -0.2) is 4.99 Å². The Bertz CT molecular complexity index is 279. The maximum Gasteiger partial charge on any atom is 0.252 e. The Balaban J connectivity index is 2.64. The number of aryl methyl sites for hydroxylation is 1. The number of amides is 1. The largest absolute Gasteiger partial charge is 0.340 e. The molecule has 5 nitrogen and oxygen atoms in total. The molecular weight excluding hydrogens is 146 g/mol. The lowest BCUT2D eigenvalue weighted by atomic mass is 10.4. The maximum atomic E-state index is 10.6. The minimum atomic E-state index is -0.356. The highest BCUT2D eigenvalue weighted by atomic mass is 16.5. The molecule has 58 valence electrons. The zero-order valence-electron chi connectivity index (χ0n) is 6.07. The first-order chi connectivity index (χ1) is 5.22. The summed E-state index contributed by atoms with van der Waals surface area (Å²) in [6.45, 7) is 4.73. The van der Waals surface area contributed by atoms with Gasteiger partial charge in [-0.2, -0.15) is 4.98 Å². The van der Waals surface area contributed by atoms with E-state index in [1.165, 1.54) is 0 Å². The topological polar surface area (TPSA) is 68.3 Å². The first-order valence-corrected chi connectivity index (χ1v) is 3.01. The molecule has 0 spiro atoms. The van der Waals surface area contributed by atoms with Crippen LogP contribution in [0, 0.1) is 6.92 Å². The third-order valence-corrected chi connectivity index (χ3v) is 1.06. The zero-order valence-corrected chi connectivity index (χ0v) is 6.07. The standard InChI is InChI=1S/C6H7N3O2/c1-4-8-5(9-11-4)3-6(10)7-2/h2-3H2,1H3. The van der Waals surface area contributed by atoms with Gasteiger partial charge in [0.15, 0.2) is 5.82 Å². The molecule has 1 amide bonds. The molecule has 0 N–H and O–H groups in total. The fourth-order valence-corrected chi connectivity index (χ4v) is 0.604. The second-order valence-electron chi connectivity index (χ2n) is 1.96. The summed E-state index contributed by atoms with van der Waals surface area (Å²) >= 11 is 0. The number of carbonyl (C=O) groups is 1. The van der Waals surface area contributed by atoms with E-state index < -0.39 is 0 Å². The summed E-state index contributed by atoms with van der Waals surface area (Å²) in [6.07, 6.45) is 0.0564. The van der Waals surface area contributed by atoms with Gasteiger partial charge in [0.1, 0.15) is 0 Å². The van der Waals surface area contributed by atoms with E-state index in [9.17, 15) is 4.79 Å². The predicted octanol–water partition coefficient (Wildman–Crippen LogP) is 0.148. The Hall–Kier alpha value is -1.52. The van der Waals surface area contributed by atoms with Crippen LogP contribution >= 0.6 is 0 Å².